The topological polar surface area (TPSA) is 67.8 Å². The van der Waals surface area contributed by atoms with Gasteiger partial charge < -0.3 is 4.74 Å². The monoisotopic (exact) mass is 196 g/mol. The van der Waals surface area contributed by atoms with E-state index in [0.29, 0.717) is 0 Å². The van der Waals surface area contributed by atoms with Crippen molar-refractivity contribution in [3.8, 4) is 0 Å². The summed E-state index contributed by atoms with van der Waals surface area (Å²) in [4.78, 5) is 25.5. The molecule has 0 atom stereocenters. The lowest BCUT2D eigenvalue weighted by Gasteiger charge is -2.24. The van der Waals surface area contributed by atoms with Gasteiger partial charge in [-0.15, -0.1) is 0 Å². The van der Waals surface area contributed by atoms with E-state index < -0.39 is 17.5 Å². The van der Waals surface area contributed by atoms with Crippen molar-refractivity contribution < 1.29 is 14.3 Å². The zero-order chi connectivity index (χ0) is 10.9. The maximum Gasteiger partial charge on any atom is 0.351 e. The second kappa shape index (κ2) is 3.25. The van der Waals surface area contributed by atoms with Gasteiger partial charge in [0, 0.05) is 0 Å². The Labute approximate surface area is 81.8 Å². The molecule has 14 heavy (non-hydrogen) atoms. The summed E-state index contributed by atoms with van der Waals surface area (Å²) in [6, 6.07) is -0.721. The van der Waals surface area contributed by atoms with Crippen LogP contribution in [0.1, 0.15) is 20.8 Å². The third-order valence-electron chi connectivity index (χ3n) is 1.36. The van der Waals surface area contributed by atoms with Crippen LogP contribution in [0.15, 0.2) is 17.1 Å². The second-order valence-electron chi connectivity index (χ2n) is 3.87. The van der Waals surface area contributed by atoms with Gasteiger partial charge in [0.25, 0.3) is 5.91 Å². The fourth-order valence-electron chi connectivity index (χ4n) is 0.832. The maximum atomic E-state index is 11.1. The number of amides is 3. The first-order valence-corrected chi connectivity index (χ1v) is 4.12. The van der Waals surface area contributed by atoms with E-state index in [1.165, 1.54) is 0 Å². The van der Waals surface area contributed by atoms with Crippen molar-refractivity contribution in [2.75, 3.05) is 0 Å². The van der Waals surface area contributed by atoms with Gasteiger partial charge in [-0.1, -0.05) is 6.58 Å². The van der Waals surface area contributed by atoms with Crippen LogP contribution in [0, 0.1) is 0 Å². The normalized spacial score (nSPS) is 17.6. The molecule has 5 nitrogen and oxygen atoms in total. The highest BCUT2D eigenvalue weighted by molar-refractivity contribution is 6.26. The summed E-state index contributed by atoms with van der Waals surface area (Å²) in [7, 11) is 0. The smallest absolute Gasteiger partial charge is 0.351 e. The highest BCUT2D eigenvalue weighted by atomic mass is 16.5. The summed E-state index contributed by atoms with van der Waals surface area (Å²) in [5.74, 6) is -0.574. The lowest BCUT2D eigenvalue weighted by Crippen LogP contribution is -2.40. The Hall–Kier alpha value is -1.65. The van der Waals surface area contributed by atoms with Crippen LogP contribution in [-0.4, -0.2) is 23.4 Å². The molecular formula is C9H12N2O3. The van der Waals surface area contributed by atoms with Crippen LogP contribution < -0.4 is 5.32 Å². The molecule has 0 bridgehead atoms. The molecule has 0 aromatic carbocycles. The van der Waals surface area contributed by atoms with E-state index in [-0.39, 0.29) is 11.5 Å². The number of hydrogen-bond acceptors (Lipinski definition) is 3. The van der Waals surface area contributed by atoms with E-state index in [4.69, 9.17) is 4.74 Å². The summed E-state index contributed by atoms with van der Waals surface area (Å²) in [6.07, 6.45) is 0. The number of aliphatic imine (C=N–C) groups is 1. The Kier molecular flexibility index (Phi) is 2.42. The Balaban J connectivity index is 2.91. The quantitative estimate of drug-likeness (QED) is 0.588. The molecule has 3 amide bonds. The minimum atomic E-state index is -0.721. The number of rotatable bonds is 0. The Morgan fingerprint density at radius 2 is 1.93 bits per heavy atom. The molecule has 1 heterocycles. The molecule has 0 saturated heterocycles. The standard InChI is InChI=1S/C9H12N2O3/c1-5-6(12)10-8(13)11-7(5)14-9(2,3)4/h1H2,2-4H3,(H,10,12,13). The number of ether oxygens (including phenoxy) is 1. The minimum absolute atomic E-state index is 0.00810. The molecule has 1 N–H and O–H groups in total. The first-order chi connectivity index (χ1) is 6.29. The number of nitrogens with one attached hydrogen (secondary N) is 1. The summed E-state index contributed by atoms with van der Waals surface area (Å²) in [5.41, 5.74) is -0.445. The molecule has 0 aliphatic carbocycles. The molecule has 0 radical (unpaired) electrons. The average Bonchev–Trinajstić information content (AvgIpc) is 1.96. The molecule has 0 aromatic rings. The van der Waals surface area contributed by atoms with Crippen LogP contribution >= 0.6 is 0 Å². The summed E-state index contributed by atoms with van der Waals surface area (Å²) < 4.78 is 5.30. The first-order valence-electron chi connectivity index (χ1n) is 4.12. The zero-order valence-corrected chi connectivity index (χ0v) is 8.38. The van der Waals surface area contributed by atoms with Gasteiger partial charge in [0.05, 0.1) is 5.57 Å². The van der Waals surface area contributed by atoms with Gasteiger partial charge in [-0.25, -0.2) is 4.79 Å². The van der Waals surface area contributed by atoms with E-state index in [1.807, 2.05) is 5.32 Å². The van der Waals surface area contributed by atoms with Gasteiger partial charge in [-0.05, 0) is 20.8 Å². The van der Waals surface area contributed by atoms with Crippen molar-refractivity contribution >= 4 is 17.8 Å². The van der Waals surface area contributed by atoms with Crippen molar-refractivity contribution in [1.82, 2.24) is 5.32 Å². The number of nitrogens with zero attached hydrogens (tertiary/aromatic N) is 1. The fraction of sp³-hybridized carbons (Fsp3) is 0.444. The number of hydrogen-bond donors (Lipinski definition) is 1. The van der Waals surface area contributed by atoms with E-state index in [2.05, 4.69) is 11.6 Å². The molecular weight excluding hydrogens is 184 g/mol. The lowest BCUT2D eigenvalue weighted by atomic mass is 10.2. The molecule has 1 aliphatic heterocycles. The van der Waals surface area contributed by atoms with Crippen molar-refractivity contribution in [2.24, 2.45) is 4.99 Å². The van der Waals surface area contributed by atoms with Gasteiger partial charge in [0.2, 0.25) is 5.90 Å². The van der Waals surface area contributed by atoms with Crippen LogP contribution in [0.2, 0.25) is 0 Å². The van der Waals surface area contributed by atoms with Gasteiger partial charge in [0.15, 0.2) is 0 Å². The van der Waals surface area contributed by atoms with Gasteiger partial charge in [-0.3, -0.25) is 10.1 Å². The predicted octanol–water partition coefficient (Wildman–Crippen LogP) is 1.01. The van der Waals surface area contributed by atoms with Crippen LogP contribution in [0.25, 0.3) is 0 Å². The molecule has 0 fully saturated rings. The molecule has 5 heteroatoms. The largest absolute Gasteiger partial charge is 0.471 e. The molecule has 0 unspecified atom stereocenters. The van der Waals surface area contributed by atoms with E-state index in [9.17, 15) is 9.59 Å². The minimum Gasteiger partial charge on any atom is -0.471 e. The van der Waals surface area contributed by atoms with Crippen LogP contribution in [0.5, 0.6) is 0 Å². The molecule has 1 aliphatic rings. The SMILES string of the molecule is C=C1C(=O)NC(=O)N=C1OC(C)(C)C. The van der Waals surface area contributed by atoms with Crippen molar-refractivity contribution in [3.63, 3.8) is 0 Å². The van der Waals surface area contributed by atoms with Gasteiger partial charge >= 0.3 is 6.03 Å². The fourth-order valence-corrected chi connectivity index (χ4v) is 0.832. The van der Waals surface area contributed by atoms with Crippen molar-refractivity contribution in [2.45, 2.75) is 26.4 Å². The molecule has 1 rings (SSSR count). The second-order valence-corrected chi connectivity index (χ2v) is 3.87. The Bertz CT molecular complexity index is 336. The summed E-state index contributed by atoms with van der Waals surface area (Å²) in [5, 5.41) is 2.00. The number of imide groups is 1. The third-order valence-corrected chi connectivity index (χ3v) is 1.36. The number of urea groups is 1. The number of carbonyl (C=O) groups is 2. The third kappa shape index (κ3) is 2.42. The molecule has 0 saturated carbocycles. The highest BCUT2D eigenvalue weighted by Gasteiger charge is 2.27. The molecule has 0 spiro atoms. The summed E-state index contributed by atoms with van der Waals surface area (Å²) in [6.45, 7) is 8.85. The number of carbonyl (C=O) groups excluding carboxylic acids is 2. The van der Waals surface area contributed by atoms with Crippen molar-refractivity contribution in [3.05, 3.63) is 12.2 Å². The predicted molar refractivity (Wildman–Crippen MR) is 51.0 cm³/mol. The summed E-state index contributed by atoms with van der Waals surface area (Å²) >= 11 is 0. The van der Waals surface area contributed by atoms with Crippen molar-refractivity contribution in [1.29, 1.82) is 0 Å². The Morgan fingerprint density at radius 1 is 1.36 bits per heavy atom. The molecule has 0 aromatic heterocycles. The highest BCUT2D eigenvalue weighted by Crippen LogP contribution is 2.13. The maximum absolute atomic E-state index is 11.1. The van der Waals surface area contributed by atoms with Crippen LogP contribution in [0.3, 0.4) is 0 Å². The lowest BCUT2D eigenvalue weighted by molar-refractivity contribution is -0.116. The van der Waals surface area contributed by atoms with Crippen LogP contribution in [0.4, 0.5) is 4.79 Å². The Morgan fingerprint density at radius 3 is 2.43 bits per heavy atom. The zero-order valence-electron chi connectivity index (χ0n) is 8.38. The van der Waals surface area contributed by atoms with E-state index >= 15 is 0 Å². The van der Waals surface area contributed by atoms with Gasteiger partial charge in [-0.2, -0.15) is 4.99 Å². The molecule has 76 valence electrons. The first kappa shape index (κ1) is 10.4. The average molecular weight is 196 g/mol. The van der Waals surface area contributed by atoms with Gasteiger partial charge in [0.1, 0.15) is 5.60 Å². The van der Waals surface area contributed by atoms with Crippen LogP contribution in [-0.2, 0) is 9.53 Å². The van der Waals surface area contributed by atoms with E-state index in [0.717, 1.165) is 0 Å². The van der Waals surface area contributed by atoms with E-state index in [1.54, 1.807) is 20.8 Å².